The highest BCUT2D eigenvalue weighted by molar-refractivity contribution is 5.71. The molecule has 0 spiro atoms. The lowest BCUT2D eigenvalue weighted by Gasteiger charge is -2.18. The van der Waals surface area contributed by atoms with Crippen molar-refractivity contribution in [3.05, 3.63) is 0 Å². The van der Waals surface area contributed by atoms with Crippen molar-refractivity contribution < 1.29 is 28.6 Å². The van der Waals surface area contributed by atoms with E-state index in [-0.39, 0.29) is 31.1 Å². The molecule has 1 atom stereocenters. The molecule has 0 bridgehead atoms. The second kappa shape index (κ2) is 48.1. The van der Waals surface area contributed by atoms with Crippen LogP contribution < -0.4 is 0 Å². The molecule has 0 aliphatic rings. The number of ether oxygens (including phenoxy) is 3. The van der Waals surface area contributed by atoms with Crippen molar-refractivity contribution in [3.8, 4) is 0 Å². The lowest BCUT2D eigenvalue weighted by molar-refractivity contribution is -0.167. The largest absolute Gasteiger partial charge is 0.462 e. The van der Waals surface area contributed by atoms with E-state index in [4.69, 9.17) is 14.2 Å². The van der Waals surface area contributed by atoms with Crippen molar-refractivity contribution in [1.29, 1.82) is 0 Å². The Morgan fingerprint density at radius 3 is 0.690 bits per heavy atom. The maximum Gasteiger partial charge on any atom is 0.306 e. The normalized spacial score (nSPS) is 11.8. The zero-order valence-electron chi connectivity index (χ0n) is 39.3. The summed E-state index contributed by atoms with van der Waals surface area (Å²) in [5.74, 6) is -0.842. The summed E-state index contributed by atoms with van der Waals surface area (Å²) in [5.41, 5.74) is 0. The van der Waals surface area contributed by atoms with Crippen LogP contribution in [0.5, 0.6) is 0 Å². The van der Waals surface area contributed by atoms with Gasteiger partial charge in [0.05, 0.1) is 0 Å². The first-order valence-electron chi connectivity index (χ1n) is 26.0. The van der Waals surface area contributed by atoms with E-state index in [1.165, 1.54) is 199 Å². The Labute approximate surface area is 361 Å². The van der Waals surface area contributed by atoms with Gasteiger partial charge < -0.3 is 14.2 Å². The second-order valence-electron chi connectivity index (χ2n) is 17.8. The molecule has 0 N–H and O–H groups in total. The average Bonchev–Trinajstić information content (AvgIpc) is 3.22. The molecule has 58 heavy (non-hydrogen) atoms. The first-order valence-corrected chi connectivity index (χ1v) is 26.0. The Morgan fingerprint density at radius 1 is 0.276 bits per heavy atom. The maximum atomic E-state index is 12.8. The molecule has 0 aromatic carbocycles. The molecule has 344 valence electrons. The van der Waals surface area contributed by atoms with E-state index in [1.807, 2.05) is 0 Å². The van der Waals surface area contributed by atoms with Gasteiger partial charge in [-0.05, 0) is 19.3 Å². The van der Waals surface area contributed by atoms with E-state index >= 15 is 0 Å². The molecule has 0 radical (unpaired) electrons. The first kappa shape index (κ1) is 56.4. The quantitative estimate of drug-likeness (QED) is 0.0346. The van der Waals surface area contributed by atoms with Gasteiger partial charge in [0.2, 0.25) is 0 Å². The highest BCUT2D eigenvalue weighted by atomic mass is 16.6. The molecule has 0 amide bonds. The third-order valence-electron chi connectivity index (χ3n) is 11.9. The molecule has 6 nitrogen and oxygen atoms in total. The summed E-state index contributed by atoms with van der Waals surface area (Å²) >= 11 is 0. The van der Waals surface area contributed by atoms with Crippen LogP contribution in [0.4, 0.5) is 0 Å². The molecule has 1 unspecified atom stereocenters. The fourth-order valence-electron chi connectivity index (χ4n) is 7.92. The Hall–Kier alpha value is -1.59. The van der Waals surface area contributed by atoms with Crippen LogP contribution in [-0.2, 0) is 28.6 Å². The Balaban J connectivity index is 4.26. The van der Waals surface area contributed by atoms with Crippen molar-refractivity contribution in [2.45, 2.75) is 303 Å². The minimum atomic E-state index is -0.759. The summed E-state index contributed by atoms with van der Waals surface area (Å²) in [6, 6.07) is 0. The predicted octanol–water partition coefficient (Wildman–Crippen LogP) is 16.8. The van der Waals surface area contributed by atoms with Gasteiger partial charge >= 0.3 is 17.9 Å². The molecule has 0 heterocycles. The number of hydrogen-bond acceptors (Lipinski definition) is 6. The maximum absolute atomic E-state index is 12.8. The number of esters is 3. The molecule has 0 aromatic rings. The van der Waals surface area contributed by atoms with Crippen molar-refractivity contribution in [3.63, 3.8) is 0 Å². The minimum absolute atomic E-state index is 0.0618. The zero-order valence-corrected chi connectivity index (χ0v) is 39.3. The van der Waals surface area contributed by atoms with Crippen molar-refractivity contribution >= 4 is 17.9 Å². The Kier molecular flexibility index (Phi) is 46.8. The minimum Gasteiger partial charge on any atom is -0.462 e. The van der Waals surface area contributed by atoms with E-state index in [2.05, 4.69) is 20.8 Å². The van der Waals surface area contributed by atoms with Crippen molar-refractivity contribution in [2.24, 2.45) is 0 Å². The van der Waals surface area contributed by atoms with E-state index < -0.39 is 6.10 Å². The molecule has 0 saturated carbocycles. The molecular weight excluding hydrogens is 721 g/mol. The number of unbranched alkanes of at least 4 members (excludes halogenated alkanes) is 37. The van der Waals surface area contributed by atoms with Gasteiger partial charge in [0.25, 0.3) is 0 Å². The number of carbonyl (C=O) groups excluding carboxylic acids is 3. The number of carbonyl (C=O) groups is 3. The van der Waals surface area contributed by atoms with Gasteiger partial charge in [-0.1, -0.05) is 258 Å². The average molecular weight is 821 g/mol. The number of rotatable bonds is 48. The standard InChI is InChI=1S/C52H100O6/c1-4-7-10-13-16-19-22-24-25-26-27-28-31-33-36-39-42-45-51(54)57-48-49(47-56-50(53)44-41-38-35-32-29-21-18-15-12-9-6-3)58-52(55)46-43-40-37-34-30-23-20-17-14-11-8-5-2/h49H,4-48H2,1-3H3. The molecule has 0 fully saturated rings. The van der Waals surface area contributed by atoms with Gasteiger partial charge in [-0.2, -0.15) is 0 Å². The monoisotopic (exact) mass is 821 g/mol. The van der Waals surface area contributed by atoms with E-state index in [0.717, 1.165) is 57.8 Å². The molecule has 0 rings (SSSR count). The molecule has 0 aromatic heterocycles. The Bertz CT molecular complexity index is 859. The second-order valence-corrected chi connectivity index (χ2v) is 17.8. The summed E-state index contributed by atoms with van der Waals surface area (Å²) in [6.07, 6.45) is 50.8. The fraction of sp³-hybridized carbons (Fsp3) is 0.942. The van der Waals surface area contributed by atoms with Gasteiger partial charge in [-0.25, -0.2) is 0 Å². The topological polar surface area (TPSA) is 78.9 Å². The SMILES string of the molecule is CCCCCCCCCCCCCCCCCCCC(=O)OCC(COC(=O)CCCCCCCCCCCCC)OC(=O)CCCCCCCCCCCCCC. The van der Waals surface area contributed by atoms with Crippen LogP contribution in [0.3, 0.4) is 0 Å². The van der Waals surface area contributed by atoms with E-state index in [9.17, 15) is 14.4 Å². The third kappa shape index (κ3) is 45.5. The van der Waals surface area contributed by atoms with Gasteiger partial charge in [-0.15, -0.1) is 0 Å². The van der Waals surface area contributed by atoms with Crippen molar-refractivity contribution in [2.75, 3.05) is 13.2 Å². The highest BCUT2D eigenvalue weighted by Crippen LogP contribution is 2.17. The summed E-state index contributed by atoms with van der Waals surface area (Å²) in [6.45, 7) is 6.67. The van der Waals surface area contributed by atoms with Gasteiger partial charge in [0.15, 0.2) is 6.10 Å². The fourth-order valence-corrected chi connectivity index (χ4v) is 7.92. The lowest BCUT2D eigenvalue weighted by atomic mass is 10.0. The lowest BCUT2D eigenvalue weighted by Crippen LogP contribution is -2.30. The summed E-state index contributed by atoms with van der Waals surface area (Å²) in [7, 11) is 0. The van der Waals surface area contributed by atoms with Crippen LogP contribution in [0.25, 0.3) is 0 Å². The van der Waals surface area contributed by atoms with Crippen LogP contribution in [0.2, 0.25) is 0 Å². The van der Waals surface area contributed by atoms with E-state index in [1.54, 1.807) is 0 Å². The van der Waals surface area contributed by atoms with Crippen LogP contribution in [0, 0.1) is 0 Å². The van der Waals surface area contributed by atoms with Crippen LogP contribution in [0.15, 0.2) is 0 Å². The van der Waals surface area contributed by atoms with Gasteiger partial charge in [0.1, 0.15) is 13.2 Å². The first-order chi connectivity index (χ1) is 28.5. The third-order valence-corrected chi connectivity index (χ3v) is 11.9. The molecule has 6 heteroatoms. The summed E-state index contributed by atoms with van der Waals surface area (Å²) < 4.78 is 16.8. The molecule has 0 aliphatic carbocycles. The smallest absolute Gasteiger partial charge is 0.306 e. The van der Waals surface area contributed by atoms with Gasteiger partial charge in [0, 0.05) is 19.3 Å². The molecule has 0 aliphatic heterocycles. The van der Waals surface area contributed by atoms with Crippen LogP contribution >= 0.6 is 0 Å². The van der Waals surface area contributed by atoms with Gasteiger partial charge in [-0.3, -0.25) is 14.4 Å². The molecular formula is C52H100O6. The number of hydrogen-bond donors (Lipinski definition) is 0. The van der Waals surface area contributed by atoms with Crippen molar-refractivity contribution in [1.82, 2.24) is 0 Å². The predicted molar refractivity (Wildman–Crippen MR) is 247 cm³/mol. The molecule has 0 saturated heterocycles. The summed E-state index contributed by atoms with van der Waals surface area (Å²) in [4.78, 5) is 37.9. The zero-order chi connectivity index (χ0) is 42.3. The van der Waals surface area contributed by atoms with Crippen LogP contribution in [-0.4, -0.2) is 37.2 Å². The Morgan fingerprint density at radius 2 is 0.466 bits per heavy atom. The highest BCUT2D eigenvalue weighted by Gasteiger charge is 2.19. The van der Waals surface area contributed by atoms with E-state index in [0.29, 0.717) is 19.3 Å². The summed E-state index contributed by atoms with van der Waals surface area (Å²) in [5, 5.41) is 0. The van der Waals surface area contributed by atoms with Crippen LogP contribution in [0.1, 0.15) is 297 Å².